The molecular formula is C12H19N3O. The van der Waals surface area contributed by atoms with Crippen LogP contribution in [-0.2, 0) is 5.54 Å². The van der Waals surface area contributed by atoms with E-state index in [-0.39, 0.29) is 11.6 Å². The molecule has 0 aromatic carbocycles. The highest BCUT2D eigenvalue weighted by Gasteiger charge is 2.22. The van der Waals surface area contributed by atoms with E-state index in [2.05, 4.69) is 9.88 Å². The van der Waals surface area contributed by atoms with Crippen molar-refractivity contribution in [3.63, 3.8) is 0 Å². The molecule has 88 valence electrons. The molecule has 1 aliphatic rings. The van der Waals surface area contributed by atoms with Gasteiger partial charge in [-0.3, -0.25) is 0 Å². The van der Waals surface area contributed by atoms with Crippen molar-refractivity contribution in [1.29, 1.82) is 0 Å². The molecule has 1 atom stereocenters. The van der Waals surface area contributed by atoms with Gasteiger partial charge in [-0.15, -0.1) is 0 Å². The van der Waals surface area contributed by atoms with Crippen molar-refractivity contribution in [2.24, 2.45) is 5.73 Å². The predicted molar refractivity (Wildman–Crippen MR) is 64.3 cm³/mol. The van der Waals surface area contributed by atoms with Gasteiger partial charge in [0.15, 0.2) is 0 Å². The first kappa shape index (κ1) is 11.4. The van der Waals surface area contributed by atoms with E-state index in [4.69, 9.17) is 5.73 Å². The lowest BCUT2D eigenvalue weighted by Gasteiger charge is -2.21. The first-order chi connectivity index (χ1) is 7.47. The van der Waals surface area contributed by atoms with Crippen molar-refractivity contribution < 1.29 is 5.11 Å². The minimum atomic E-state index is -0.351. The quantitative estimate of drug-likeness (QED) is 0.777. The first-order valence-corrected chi connectivity index (χ1v) is 5.65. The average Bonchev–Trinajstić information content (AvgIpc) is 2.64. The molecule has 1 aromatic heterocycles. The molecule has 0 saturated carbocycles. The van der Waals surface area contributed by atoms with E-state index in [1.807, 2.05) is 32.2 Å². The van der Waals surface area contributed by atoms with Gasteiger partial charge >= 0.3 is 0 Å². The Morgan fingerprint density at radius 1 is 1.50 bits per heavy atom. The van der Waals surface area contributed by atoms with Crippen LogP contribution in [0.15, 0.2) is 18.3 Å². The second-order valence-corrected chi connectivity index (χ2v) is 5.02. The van der Waals surface area contributed by atoms with E-state index in [0.29, 0.717) is 6.54 Å². The predicted octanol–water partition coefficient (Wildman–Crippen LogP) is 0.846. The molecule has 1 fully saturated rings. The van der Waals surface area contributed by atoms with Crippen molar-refractivity contribution in [2.45, 2.75) is 31.9 Å². The van der Waals surface area contributed by atoms with Crippen LogP contribution in [0.3, 0.4) is 0 Å². The Morgan fingerprint density at radius 3 is 2.69 bits per heavy atom. The van der Waals surface area contributed by atoms with Crippen LogP contribution in [0.1, 0.15) is 25.8 Å². The number of aromatic nitrogens is 1. The number of rotatable bonds is 2. The van der Waals surface area contributed by atoms with E-state index in [1.54, 1.807) is 0 Å². The molecule has 3 N–H and O–H groups in total. The van der Waals surface area contributed by atoms with Gasteiger partial charge in [-0.05, 0) is 31.9 Å². The summed E-state index contributed by atoms with van der Waals surface area (Å²) in [6.45, 7) is 5.48. The lowest BCUT2D eigenvalue weighted by atomic mass is 9.98. The minimum absolute atomic E-state index is 0.215. The van der Waals surface area contributed by atoms with Crippen LogP contribution < -0.4 is 10.6 Å². The number of aliphatic hydroxyl groups is 1. The third-order valence-electron chi connectivity index (χ3n) is 2.98. The molecule has 1 unspecified atom stereocenters. The number of β-amino-alcohol motifs (C(OH)–C–C–N with tert-alkyl or cyclic N) is 1. The van der Waals surface area contributed by atoms with Gasteiger partial charge in [0, 0.05) is 24.8 Å². The van der Waals surface area contributed by atoms with E-state index in [1.165, 1.54) is 0 Å². The Balaban J connectivity index is 2.14. The number of pyridine rings is 1. The summed E-state index contributed by atoms with van der Waals surface area (Å²) in [5, 5.41) is 9.46. The molecule has 0 spiro atoms. The van der Waals surface area contributed by atoms with Crippen LogP contribution in [-0.4, -0.2) is 29.3 Å². The summed E-state index contributed by atoms with van der Waals surface area (Å²) in [4.78, 5) is 6.49. The Bertz CT molecular complexity index is 356. The Morgan fingerprint density at radius 2 is 2.25 bits per heavy atom. The third kappa shape index (κ3) is 2.33. The molecule has 0 aliphatic carbocycles. The largest absolute Gasteiger partial charge is 0.391 e. The lowest BCUT2D eigenvalue weighted by Crippen LogP contribution is -2.29. The fourth-order valence-corrected chi connectivity index (χ4v) is 1.90. The van der Waals surface area contributed by atoms with Gasteiger partial charge in [-0.2, -0.15) is 0 Å². The number of hydrogen-bond donors (Lipinski definition) is 2. The lowest BCUT2D eigenvalue weighted by molar-refractivity contribution is 0.198. The van der Waals surface area contributed by atoms with Crippen LogP contribution in [0.4, 0.5) is 5.82 Å². The summed E-state index contributed by atoms with van der Waals surface area (Å²) in [5.74, 6) is 0.921. The topological polar surface area (TPSA) is 62.4 Å². The van der Waals surface area contributed by atoms with Crippen LogP contribution in [0.2, 0.25) is 0 Å². The molecule has 1 aromatic rings. The zero-order valence-electron chi connectivity index (χ0n) is 9.85. The second kappa shape index (κ2) is 4.03. The zero-order chi connectivity index (χ0) is 11.8. The minimum Gasteiger partial charge on any atom is -0.391 e. The molecule has 1 saturated heterocycles. The van der Waals surface area contributed by atoms with E-state index < -0.39 is 0 Å². The Labute approximate surface area is 96.1 Å². The molecule has 0 bridgehead atoms. The van der Waals surface area contributed by atoms with Gasteiger partial charge in [-0.25, -0.2) is 4.98 Å². The van der Waals surface area contributed by atoms with Crippen LogP contribution >= 0.6 is 0 Å². The first-order valence-electron chi connectivity index (χ1n) is 5.65. The van der Waals surface area contributed by atoms with E-state index in [9.17, 15) is 5.11 Å². The molecule has 4 nitrogen and oxygen atoms in total. The highest BCUT2D eigenvalue weighted by Crippen LogP contribution is 2.21. The molecule has 0 amide bonds. The SMILES string of the molecule is CC(C)(N)c1ccc(N2CCC(O)C2)nc1. The van der Waals surface area contributed by atoms with E-state index >= 15 is 0 Å². The Kier molecular flexibility index (Phi) is 2.86. The second-order valence-electron chi connectivity index (χ2n) is 5.02. The number of hydrogen-bond acceptors (Lipinski definition) is 4. The summed E-state index contributed by atoms with van der Waals surface area (Å²) in [7, 11) is 0. The molecule has 16 heavy (non-hydrogen) atoms. The van der Waals surface area contributed by atoms with Gasteiger partial charge in [-0.1, -0.05) is 6.07 Å². The molecule has 0 radical (unpaired) electrons. The van der Waals surface area contributed by atoms with Gasteiger partial charge < -0.3 is 15.7 Å². The van der Waals surface area contributed by atoms with Gasteiger partial charge in [0.2, 0.25) is 0 Å². The maximum atomic E-state index is 9.46. The normalized spacial score (nSPS) is 21.5. The highest BCUT2D eigenvalue weighted by molar-refractivity contribution is 5.41. The van der Waals surface area contributed by atoms with E-state index in [0.717, 1.165) is 24.3 Å². The smallest absolute Gasteiger partial charge is 0.128 e. The summed E-state index contributed by atoms with van der Waals surface area (Å²) in [5.41, 5.74) is 6.66. The fraction of sp³-hybridized carbons (Fsp3) is 0.583. The molecule has 2 rings (SSSR count). The van der Waals surface area contributed by atoms with Crippen molar-refractivity contribution in [3.8, 4) is 0 Å². The van der Waals surface area contributed by atoms with Gasteiger partial charge in [0.1, 0.15) is 5.82 Å². The third-order valence-corrected chi connectivity index (χ3v) is 2.98. The van der Waals surface area contributed by atoms with Crippen molar-refractivity contribution in [2.75, 3.05) is 18.0 Å². The number of aliphatic hydroxyl groups excluding tert-OH is 1. The number of anilines is 1. The molecule has 4 heteroatoms. The maximum Gasteiger partial charge on any atom is 0.128 e. The fourth-order valence-electron chi connectivity index (χ4n) is 1.90. The average molecular weight is 221 g/mol. The van der Waals surface area contributed by atoms with Crippen molar-refractivity contribution >= 4 is 5.82 Å². The van der Waals surface area contributed by atoms with Gasteiger partial charge in [0.25, 0.3) is 0 Å². The zero-order valence-corrected chi connectivity index (χ0v) is 9.85. The number of nitrogens with two attached hydrogens (primary N) is 1. The summed E-state index contributed by atoms with van der Waals surface area (Å²) in [6.07, 6.45) is 2.43. The summed E-state index contributed by atoms with van der Waals surface area (Å²) < 4.78 is 0. The number of nitrogens with zero attached hydrogens (tertiary/aromatic N) is 2. The van der Waals surface area contributed by atoms with Crippen molar-refractivity contribution in [1.82, 2.24) is 4.98 Å². The molecular weight excluding hydrogens is 202 g/mol. The van der Waals surface area contributed by atoms with Crippen LogP contribution in [0.5, 0.6) is 0 Å². The van der Waals surface area contributed by atoms with Crippen molar-refractivity contribution in [3.05, 3.63) is 23.9 Å². The monoisotopic (exact) mass is 221 g/mol. The maximum absolute atomic E-state index is 9.46. The van der Waals surface area contributed by atoms with Crippen LogP contribution in [0, 0.1) is 0 Å². The molecule has 1 aliphatic heterocycles. The van der Waals surface area contributed by atoms with Crippen LogP contribution in [0.25, 0.3) is 0 Å². The molecule has 2 heterocycles. The summed E-state index contributed by atoms with van der Waals surface area (Å²) in [6, 6.07) is 3.98. The van der Waals surface area contributed by atoms with Gasteiger partial charge in [0.05, 0.1) is 6.10 Å². The standard InChI is InChI=1S/C12H19N3O/c1-12(2,13)9-3-4-11(14-7-9)15-6-5-10(16)8-15/h3-4,7,10,16H,5-6,8,13H2,1-2H3. The highest BCUT2D eigenvalue weighted by atomic mass is 16.3. The summed E-state index contributed by atoms with van der Waals surface area (Å²) >= 11 is 0. The Hall–Kier alpha value is -1.13.